The fourth-order valence-electron chi connectivity index (χ4n) is 2.37. The van der Waals surface area contributed by atoms with E-state index >= 15 is 0 Å². The fraction of sp³-hybridized carbons (Fsp3) is 0.438. The highest BCUT2D eigenvalue weighted by atomic mass is 32.1. The minimum atomic E-state index is -0.661. The molecule has 4 nitrogen and oxygen atoms in total. The van der Waals surface area contributed by atoms with Gasteiger partial charge in [-0.1, -0.05) is 25.1 Å². The summed E-state index contributed by atoms with van der Waals surface area (Å²) in [6, 6.07) is 9.86. The van der Waals surface area contributed by atoms with Crippen LogP contribution in [0.25, 0.3) is 10.1 Å². The Morgan fingerprint density at radius 2 is 2.10 bits per heavy atom. The number of hydrogen-bond donors (Lipinski definition) is 2. The molecule has 21 heavy (non-hydrogen) atoms. The molecule has 0 radical (unpaired) electrons. The maximum atomic E-state index is 12.1. The smallest absolute Gasteiger partial charge is 0.237 e. The molecule has 2 aromatic rings. The van der Waals surface area contributed by atoms with Crippen LogP contribution in [0.5, 0.6) is 0 Å². The van der Waals surface area contributed by atoms with Gasteiger partial charge in [-0.25, -0.2) is 0 Å². The number of aliphatic hydroxyl groups is 1. The van der Waals surface area contributed by atoms with Crippen LogP contribution in [-0.2, 0) is 4.79 Å². The van der Waals surface area contributed by atoms with Crippen LogP contribution in [-0.4, -0.2) is 42.6 Å². The molecule has 5 heteroatoms. The second-order valence-electron chi connectivity index (χ2n) is 5.34. The van der Waals surface area contributed by atoms with Crippen LogP contribution in [0.1, 0.15) is 24.3 Å². The van der Waals surface area contributed by atoms with E-state index in [1.165, 1.54) is 0 Å². The standard InChI is InChI=1S/C16H22N2O2S/c1-4-12(18(2)3)16(20)17-10-13(19)15-9-11-7-5-6-8-14(11)21-15/h5-9,12-13,19H,4,10H2,1-3H3,(H,17,20). The lowest BCUT2D eigenvalue weighted by atomic mass is 10.2. The fourth-order valence-corrected chi connectivity index (χ4v) is 3.42. The van der Waals surface area contributed by atoms with E-state index in [0.717, 1.165) is 21.4 Å². The van der Waals surface area contributed by atoms with E-state index in [1.54, 1.807) is 11.3 Å². The van der Waals surface area contributed by atoms with Crippen molar-refractivity contribution in [3.05, 3.63) is 35.2 Å². The van der Waals surface area contributed by atoms with Crippen LogP contribution in [0, 0.1) is 0 Å². The highest BCUT2D eigenvalue weighted by Crippen LogP contribution is 2.29. The minimum Gasteiger partial charge on any atom is -0.386 e. The molecule has 1 aromatic heterocycles. The number of fused-ring (bicyclic) bond motifs is 1. The Hall–Kier alpha value is -1.43. The molecule has 0 aliphatic rings. The molecule has 1 heterocycles. The largest absolute Gasteiger partial charge is 0.386 e. The molecule has 0 saturated carbocycles. The Bertz CT molecular complexity index is 576. The van der Waals surface area contributed by atoms with Gasteiger partial charge >= 0.3 is 0 Å². The first-order valence-corrected chi connectivity index (χ1v) is 7.95. The second-order valence-corrected chi connectivity index (χ2v) is 6.45. The van der Waals surface area contributed by atoms with Crippen molar-refractivity contribution >= 4 is 27.3 Å². The van der Waals surface area contributed by atoms with E-state index in [2.05, 4.69) is 5.32 Å². The number of rotatable bonds is 6. The topological polar surface area (TPSA) is 52.6 Å². The Balaban J connectivity index is 1.98. The number of likely N-dealkylation sites (N-methyl/N-ethyl adjacent to an activating group) is 1. The van der Waals surface area contributed by atoms with Crippen LogP contribution in [0.3, 0.4) is 0 Å². The third-order valence-corrected chi connectivity index (χ3v) is 4.77. The zero-order valence-electron chi connectivity index (χ0n) is 12.7. The van der Waals surface area contributed by atoms with Crippen molar-refractivity contribution in [2.45, 2.75) is 25.5 Å². The Morgan fingerprint density at radius 3 is 2.71 bits per heavy atom. The molecule has 0 aliphatic heterocycles. The number of thiophene rings is 1. The van der Waals surface area contributed by atoms with Crippen molar-refractivity contribution in [3.63, 3.8) is 0 Å². The van der Waals surface area contributed by atoms with E-state index < -0.39 is 6.10 Å². The molecule has 0 saturated heterocycles. The van der Waals surface area contributed by atoms with Crippen LogP contribution in [0.4, 0.5) is 0 Å². The molecule has 2 atom stereocenters. The van der Waals surface area contributed by atoms with Crippen molar-refractivity contribution in [1.82, 2.24) is 10.2 Å². The molecule has 1 aromatic carbocycles. The summed E-state index contributed by atoms with van der Waals surface area (Å²) in [4.78, 5) is 14.8. The van der Waals surface area contributed by atoms with Gasteiger partial charge in [-0.3, -0.25) is 9.69 Å². The van der Waals surface area contributed by atoms with Gasteiger partial charge in [0.25, 0.3) is 0 Å². The van der Waals surface area contributed by atoms with Crippen molar-refractivity contribution in [1.29, 1.82) is 0 Å². The summed E-state index contributed by atoms with van der Waals surface area (Å²) in [7, 11) is 3.77. The van der Waals surface area contributed by atoms with Gasteiger partial charge in [0, 0.05) is 16.1 Å². The zero-order valence-corrected chi connectivity index (χ0v) is 13.5. The first-order valence-electron chi connectivity index (χ1n) is 7.13. The van der Waals surface area contributed by atoms with E-state index in [1.807, 2.05) is 56.3 Å². The summed E-state index contributed by atoms with van der Waals surface area (Å²) in [5.41, 5.74) is 0. The van der Waals surface area contributed by atoms with Crippen molar-refractivity contribution in [3.8, 4) is 0 Å². The number of hydrogen-bond acceptors (Lipinski definition) is 4. The van der Waals surface area contributed by atoms with Crippen LogP contribution in [0.15, 0.2) is 30.3 Å². The number of nitrogens with zero attached hydrogens (tertiary/aromatic N) is 1. The predicted octanol–water partition coefficient (Wildman–Crippen LogP) is 2.39. The number of amides is 1. The summed E-state index contributed by atoms with van der Waals surface area (Å²) in [6.45, 7) is 2.22. The maximum absolute atomic E-state index is 12.1. The van der Waals surface area contributed by atoms with E-state index in [9.17, 15) is 9.90 Å². The van der Waals surface area contributed by atoms with Crippen molar-refractivity contribution in [2.75, 3.05) is 20.6 Å². The average molecular weight is 306 g/mol. The van der Waals surface area contributed by atoms with Gasteiger partial charge in [-0.2, -0.15) is 0 Å². The summed E-state index contributed by atoms with van der Waals surface area (Å²) >= 11 is 1.57. The molecule has 0 bridgehead atoms. The average Bonchev–Trinajstić information content (AvgIpc) is 2.89. The molecular formula is C16H22N2O2S. The van der Waals surface area contributed by atoms with E-state index in [4.69, 9.17) is 0 Å². The van der Waals surface area contributed by atoms with Gasteiger partial charge in [0.15, 0.2) is 0 Å². The Kier molecular flexibility index (Phi) is 5.33. The van der Waals surface area contributed by atoms with Gasteiger partial charge in [0.2, 0.25) is 5.91 Å². The second kappa shape index (κ2) is 7.02. The summed E-state index contributed by atoms with van der Waals surface area (Å²) in [5, 5.41) is 14.2. The Labute approximate surface area is 129 Å². The van der Waals surface area contributed by atoms with Crippen LogP contribution < -0.4 is 5.32 Å². The highest BCUT2D eigenvalue weighted by Gasteiger charge is 2.20. The molecule has 2 N–H and O–H groups in total. The predicted molar refractivity (Wildman–Crippen MR) is 87.6 cm³/mol. The van der Waals surface area contributed by atoms with Crippen molar-refractivity contribution in [2.24, 2.45) is 0 Å². The minimum absolute atomic E-state index is 0.0392. The molecule has 0 spiro atoms. The van der Waals surface area contributed by atoms with Gasteiger partial charge in [0.05, 0.1) is 6.04 Å². The molecule has 2 rings (SSSR count). The first kappa shape index (κ1) is 15.9. The van der Waals surface area contributed by atoms with Gasteiger partial charge in [0.1, 0.15) is 6.10 Å². The van der Waals surface area contributed by atoms with Crippen LogP contribution >= 0.6 is 11.3 Å². The lowest BCUT2D eigenvalue weighted by Crippen LogP contribution is -2.44. The lowest BCUT2D eigenvalue weighted by molar-refractivity contribution is -0.126. The summed E-state index contributed by atoms with van der Waals surface area (Å²) < 4.78 is 1.15. The number of nitrogens with one attached hydrogen (secondary N) is 1. The van der Waals surface area contributed by atoms with Gasteiger partial charge in [-0.05, 0) is 38.0 Å². The monoisotopic (exact) mass is 306 g/mol. The molecule has 2 unspecified atom stereocenters. The van der Waals surface area contributed by atoms with E-state index in [0.29, 0.717) is 0 Å². The maximum Gasteiger partial charge on any atom is 0.237 e. The quantitative estimate of drug-likeness (QED) is 0.861. The van der Waals surface area contributed by atoms with Gasteiger partial charge < -0.3 is 10.4 Å². The molecule has 0 aliphatic carbocycles. The highest BCUT2D eigenvalue weighted by molar-refractivity contribution is 7.19. The zero-order chi connectivity index (χ0) is 15.4. The molecule has 1 amide bonds. The molecule has 114 valence electrons. The number of carbonyl (C=O) groups excluding carboxylic acids is 1. The van der Waals surface area contributed by atoms with Gasteiger partial charge in [-0.15, -0.1) is 11.3 Å². The number of benzene rings is 1. The third kappa shape index (κ3) is 3.81. The van der Waals surface area contributed by atoms with Crippen LogP contribution in [0.2, 0.25) is 0 Å². The normalized spacial score (nSPS) is 14.3. The number of aliphatic hydroxyl groups excluding tert-OH is 1. The summed E-state index contributed by atoms with van der Waals surface area (Å²) in [6.07, 6.45) is 0.0867. The first-order chi connectivity index (χ1) is 10.0. The third-order valence-electron chi connectivity index (χ3n) is 3.56. The van der Waals surface area contributed by atoms with E-state index in [-0.39, 0.29) is 18.5 Å². The molecular weight excluding hydrogens is 284 g/mol. The lowest BCUT2D eigenvalue weighted by Gasteiger charge is -2.22. The summed E-state index contributed by atoms with van der Waals surface area (Å²) in [5.74, 6) is -0.0392. The van der Waals surface area contributed by atoms with Crippen molar-refractivity contribution < 1.29 is 9.90 Å². The SMILES string of the molecule is CCC(C(=O)NCC(O)c1cc2ccccc2s1)N(C)C. The molecule has 0 fully saturated rings. The Morgan fingerprint density at radius 1 is 1.38 bits per heavy atom. The number of carbonyl (C=O) groups is 1.